The maximum absolute atomic E-state index is 12.2. The summed E-state index contributed by atoms with van der Waals surface area (Å²) in [4.78, 5) is 24.2. The van der Waals surface area contributed by atoms with Gasteiger partial charge in [0.1, 0.15) is 6.04 Å². The number of carbonyl (C=O) groups is 2. The molecule has 0 aliphatic rings. The molecule has 0 aliphatic heterocycles. The van der Waals surface area contributed by atoms with E-state index in [2.05, 4.69) is 10.0 Å². The molecule has 2 N–H and O–H groups in total. The standard InChI is InChI=1S/C21H28N2O5S/c1-4-5-13-29(26,27)23-16(3)21(25)28-14-20(24)22-15(2)18-12-8-10-17-9-6-7-11-19(17)18/h6-12,15-16,23H,4-5,13-14H2,1-3H3,(H,22,24)/t15-,16-/m0/s1. The van der Waals surface area contributed by atoms with E-state index in [-0.39, 0.29) is 11.8 Å². The molecule has 1 amide bonds. The Labute approximate surface area is 171 Å². The molecule has 8 heteroatoms. The molecule has 0 heterocycles. The predicted molar refractivity (Wildman–Crippen MR) is 113 cm³/mol. The van der Waals surface area contributed by atoms with Crippen LogP contribution in [0.1, 0.15) is 45.2 Å². The molecule has 0 saturated heterocycles. The second-order valence-corrected chi connectivity index (χ2v) is 8.85. The Morgan fingerprint density at radius 2 is 1.76 bits per heavy atom. The van der Waals surface area contributed by atoms with Gasteiger partial charge in [-0.15, -0.1) is 0 Å². The van der Waals surface area contributed by atoms with Gasteiger partial charge in [0.05, 0.1) is 11.8 Å². The molecule has 0 radical (unpaired) electrons. The number of hydrogen-bond donors (Lipinski definition) is 2. The van der Waals surface area contributed by atoms with E-state index in [1.54, 1.807) is 0 Å². The SMILES string of the molecule is CCCCS(=O)(=O)N[C@@H](C)C(=O)OCC(=O)N[C@@H](C)c1cccc2ccccc12. The van der Waals surface area contributed by atoms with Gasteiger partial charge >= 0.3 is 5.97 Å². The number of nitrogens with one attached hydrogen (secondary N) is 2. The first kappa shape index (κ1) is 22.8. The largest absolute Gasteiger partial charge is 0.454 e. The van der Waals surface area contributed by atoms with E-state index in [1.807, 2.05) is 56.3 Å². The van der Waals surface area contributed by atoms with Crippen molar-refractivity contribution in [1.82, 2.24) is 10.0 Å². The van der Waals surface area contributed by atoms with Crippen LogP contribution in [0.25, 0.3) is 10.8 Å². The first-order valence-electron chi connectivity index (χ1n) is 9.67. The van der Waals surface area contributed by atoms with Gasteiger partial charge in [-0.25, -0.2) is 13.1 Å². The van der Waals surface area contributed by atoms with Crippen LogP contribution >= 0.6 is 0 Å². The summed E-state index contributed by atoms with van der Waals surface area (Å²) in [5.74, 6) is -1.30. The Bertz CT molecular complexity index is 953. The average Bonchev–Trinajstić information content (AvgIpc) is 2.69. The van der Waals surface area contributed by atoms with Crippen molar-refractivity contribution >= 4 is 32.7 Å². The van der Waals surface area contributed by atoms with Gasteiger partial charge in [0.2, 0.25) is 10.0 Å². The Morgan fingerprint density at radius 3 is 2.48 bits per heavy atom. The third-order valence-electron chi connectivity index (χ3n) is 4.49. The lowest BCUT2D eigenvalue weighted by Gasteiger charge is -2.17. The molecule has 2 rings (SSSR count). The Hall–Kier alpha value is -2.45. The van der Waals surface area contributed by atoms with Crippen molar-refractivity contribution in [1.29, 1.82) is 0 Å². The summed E-state index contributed by atoms with van der Waals surface area (Å²) in [5, 5.41) is 4.91. The molecule has 0 fully saturated rings. The zero-order chi connectivity index (χ0) is 21.4. The molecule has 7 nitrogen and oxygen atoms in total. The zero-order valence-corrected chi connectivity index (χ0v) is 17.8. The Kier molecular flexibility index (Phi) is 8.16. The van der Waals surface area contributed by atoms with Gasteiger partial charge in [-0.1, -0.05) is 55.8 Å². The number of sulfonamides is 1. The van der Waals surface area contributed by atoms with Gasteiger partial charge in [0, 0.05) is 0 Å². The summed E-state index contributed by atoms with van der Waals surface area (Å²) in [5.41, 5.74) is 0.958. The fourth-order valence-corrected chi connectivity index (χ4v) is 4.38. The predicted octanol–water partition coefficient (Wildman–Crippen LogP) is 2.67. The number of ether oxygens (including phenoxy) is 1. The third-order valence-corrected chi connectivity index (χ3v) is 6.03. The normalized spacial score (nSPS) is 13.6. The minimum atomic E-state index is -3.55. The molecule has 158 valence electrons. The lowest BCUT2D eigenvalue weighted by molar-refractivity contribution is -0.149. The highest BCUT2D eigenvalue weighted by Gasteiger charge is 2.22. The Balaban J connectivity index is 1.88. The highest BCUT2D eigenvalue weighted by Crippen LogP contribution is 2.23. The smallest absolute Gasteiger partial charge is 0.324 e. The van der Waals surface area contributed by atoms with Crippen LogP contribution in [0, 0.1) is 0 Å². The number of rotatable bonds is 10. The fourth-order valence-electron chi connectivity index (χ4n) is 2.96. The molecule has 0 aromatic heterocycles. The minimum absolute atomic E-state index is 0.0514. The van der Waals surface area contributed by atoms with Crippen LogP contribution in [0.4, 0.5) is 0 Å². The number of fused-ring (bicyclic) bond motifs is 1. The van der Waals surface area contributed by atoms with Crippen LogP contribution in [-0.4, -0.2) is 38.7 Å². The molecule has 2 aromatic rings. The second kappa shape index (κ2) is 10.4. The molecule has 0 spiro atoms. The van der Waals surface area contributed by atoms with Crippen molar-refractivity contribution < 1.29 is 22.7 Å². The van der Waals surface area contributed by atoms with Crippen molar-refractivity contribution in [2.24, 2.45) is 0 Å². The summed E-state index contributed by atoms with van der Waals surface area (Å²) < 4.78 is 30.9. The molecular formula is C21H28N2O5S. The van der Waals surface area contributed by atoms with E-state index in [1.165, 1.54) is 6.92 Å². The van der Waals surface area contributed by atoms with Crippen LogP contribution in [-0.2, 0) is 24.3 Å². The zero-order valence-electron chi connectivity index (χ0n) is 17.0. The van der Waals surface area contributed by atoms with Crippen molar-refractivity contribution in [3.05, 3.63) is 48.0 Å². The number of carbonyl (C=O) groups excluding carboxylic acids is 2. The summed E-state index contributed by atoms with van der Waals surface area (Å²) in [7, 11) is -3.55. The van der Waals surface area contributed by atoms with Crippen molar-refractivity contribution in [2.45, 2.75) is 45.7 Å². The average molecular weight is 421 g/mol. The van der Waals surface area contributed by atoms with Crippen LogP contribution < -0.4 is 10.0 Å². The summed E-state index contributed by atoms with van der Waals surface area (Å²) in [6, 6.07) is 12.4. The first-order chi connectivity index (χ1) is 13.7. The maximum atomic E-state index is 12.2. The number of amides is 1. The lowest BCUT2D eigenvalue weighted by atomic mass is 10.00. The van der Waals surface area contributed by atoms with Crippen LogP contribution in [0.15, 0.2) is 42.5 Å². The van der Waals surface area contributed by atoms with Gasteiger partial charge in [0.25, 0.3) is 5.91 Å². The highest BCUT2D eigenvalue weighted by molar-refractivity contribution is 7.89. The van der Waals surface area contributed by atoms with Crippen LogP contribution in [0.5, 0.6) is 0 Å². The van der Waals surface area contributed by atoms with Crippen LogP contribution in [0.2, 0.25) is 0 Å². The molecular weight excluding hydrogens is 392 g/mol. The van der Waals surface area contributed by atoms with Crippen LogP contribution in [0.3, 0.4) is 0 Å². The molecule has 29 heavy (non-hydrogen) atoms. The van der Waals surface area contributed by atoms with Gasteiger partial charge < -0.3 is 10.1 Å². The number of benzene rings is 2. The van der Waals surface area contributed by atoms with E-state index in [0.717, 1.165) is 22.8 Å². The minimum Gasteiger partial charge on any atom is -0.454 e. The fraction of sp³-hybridized carbons (Fsp3) is 0.429. The maximum Gasteiger partial charge on any atom is 0.324 e. The van der Waals surface area contributed by atoms with E-state index in [9.17, 15) is 18.0 Å². The molecule has 2 atom stereocenters. The summed E-state index contributed by atoms with van der Waals surface area (Å²) in [6.45, 7) is 4.65. The summed E-state index contributed by atoms with van der Waals surface area (Å²) in [6.07, 6.45) is 1.24. The Morgan fingerprint density at radius 1 is 1.07 bits per heavy atom. The molecule has 0 bridgehead atoms. The molecule has 0 saturated carbocycles. The van der Waals surface area contributed by atoms with E-state index in [4.69, 9.17) is 4.74 Å². The molecule has 0 unspecified atom stereocenters. The highest BCUT2D eigenvalue weighted by atomic mass is 32.2. The topological polar surface area (TPSA) is 102 Å². The molecule has 0 aliphatic carbocycles. The van der Waals surface area contributed by atoms with Gasteiger partial charge in [0.15, 0.2) is 6.61 Å². The van der Waals surface area contributed by atoms with Crippen molar-refractivity contribution in [3.8, 4) is 0 Å². The number of unbranched alkanes of at least 4 members (excludes halogenated alkanes) is 1. The second-order valence-electron chi connectivity index (χ2n) is 6.98. The third kappa shape index (κ3) is 6.83. The van der Waals surface area contributed by atoms with Crippen molar-refractivity contribution in [3.63, 3.8) is 0 Å². The van der Waals surface area contributed by atoms with E-state index >= 15 is 0 Å². The van der Waals surface area contributed by atoms with E-state index in [0.29, 0.717) is 6.42 Å². The first-order valence-corrected chi connectivity index (χ1v) is 11.3. The monoisotopic (exact) mass is 420 g/mol. The molecule has 2 aromatic carbocycles. The number of hydrogen-bond acceptors (Lipinski definition) is 5. The van der Waals surface area contributed by atoms with Crippen molar-refractivity contribution in [2.75, 3.05) is 12.4 Å². The van der Waals surface area contributed by atoms with Gasteiger partial charge in [-0.3, -0.25) is 9.59 Å². The lowest BCUT2D eigenvalue weighted by Crippen LogP contribution is -2.42. The van der Waals surface area contributed by atoms with Gasteiger partial charge in [-0.05, 0) is 36.6 Å². The number of esters is 1. The quantitative estimate of drug-likeness (QED) is 0.576. The van der Waals surface area contributed by atoms with E-state index < -0.39 is 34.5 Å². The van der Waals surface area contributed by atoms with Gasteiger partial charge in [-0.2, -0.15) is 0 Å². The summed E-state index contributed by atoms with van der Waals surface area (Å²) >= 11 is 0.